The molecule has 0 bridgehead atoms. The smallest absolute Gasteiger partial charge is 0.410 e. The fourth-order valence-electron chi connectivity index (χ4n) is 4.50. The molecule has 0 radical (unpaired) electrons. The van der Waals surface area contributed by atoms with Crippen molar-refractivity contribution in [1.82, 2.24) is 20.2 Å². The van der Waals surface area contributed by atoms with E-state index in [0.717, 1.165) is 22.3 Å². The Kier molecular flexibility index (Phi) is 4.75. The zero-order valence-electron chi connectivity index (χ0n) is 18.5. The lowest BCUT2D eigenvalue weighted by molar-refractivity contribution is -0.125. The van der Waals surface area contributed by atoms with Gasteiger partial charge in [0.15, 0.2) is 0 Å². The Balaban J connectivity index is 1.43. The summed E-state index contributed by atoms with van der Waals surface area (Å²) >= 11 is 0. The number of pyridine rings is 2. The predicted molar refractivity (Wildman–Crippen MR) is 114 cm³/mol. The average Bonchev–Trinajstić information content (AvgIpc) is 3.13. The van der Waals surface area contributed by atoms with Crippen molar-refractivity contribution < 1.29 is 14.3 Å². The lowest BCUT2D eigenvalue weighted by Crippen LogP contribution is -2.44. The van der Waals surface area contributed by atoms with Gasteiger partial charge in [0.1, 0.15) is 5.60 Å². The first-order valence-electron chi connectivity index (χ1n) is 10.5. The van der Waals surface area contributed by atoms with Crippen molar-refractivity contribution in [2.24, 2.45) is 17.8 Å². The summed E-state index contributed by atoms with van der Waals surface area (Å²) in [5.41, 5.74) is 1.30. The highest BCUT2D eigenvalue weighted by Crippen LogP contribution is 2.52. The molecule has 1 N–H and O–H groups in total. The van der Waals surface area contributed by atoms with Crippen molar-refractivity contribution >= 4 is 22.9 Å². The molecule has 2 unspecified atom stereocenters. The highest BCUT2D eigenvalue weighted by Gasteiger charge is 2.61. The van der Waals surface area contributed by atoms with Crippen molar-refractivity contribution in [1.29, 1.82) is 0 Å². The van der Waals surface area contributed by atoms with E-state index in [9.17, 15) is 9.59 Å². The second-order valence-electron chi connectivity index (χ2n) is 10.0. The second kappa shape index (κ2) is 6.93. The topological polar surface area (TPSA) is 84.4 Å². The molecule has 7 heteroatoms. The number of nitrogens with one attached hydrogen (secondary N) is 1. The molecule has 3 heterocycles. The highest BCUT2D eigenvalue weighted by atomic mass is 16.6. The van der Waals surface area contributed by atoms with Crippen LogP contribution in [0, 0.1) is 24.7 Å². The molecule has 2 aromatic rings. The Morgan fingerprint density at radius 1 is 1.17 bits per heavy atom. The van der Waals surface area contributed by atoms with Gasteiger partial charge in [0, 0.05) is 36.3 Å². The third-order valence-corrected chi connectivity index (χ3v) is 5.89. The van der Waals surface area contributed by atoms with Crippen LogP contribution in [0.15, 0.2) is 24.4 Å². The lowest BCUT2D eigenvalue weighted by Gasteiger charge is -2.28. The Morgan fingerprint density at radius 3 is 2.47 bits per heavy atom. The summed E-state index contributed by atoms with van der Waals surface area (Å²) in [5, 5.41) is 4.20. The molecule has 2 aromatic heterocycles. The SMILES string of the molecule is Cc1cc2cccnc2c(C(C)(C)NC(=O)C2C3CN(C(=O)OC(C)(C)C)CC32)n1. The van der Waals surface area contributed by atoms with E-state index >= 15 is 0 Å². The first kappa shape index (κ1) is 20.6. The van der Waals surface area contributed by atoms with E-state index in [0.29, 0.717) is 13.1 Å². The fraction of sp³-hybridized carbons (Fsp3) is 0.565. The second-order valence-corrected chi connectivity index (χ2v) is 10.0. The van der Waals surface area contributed by atoms with Gasteiger partial charge in [-0.15, -0.1) is 0 Å². The zero-order valence-corrected chi connectivity index (χ0v) is 18.5. The predicted octanol–water partition coefficient (Wildman–Crippen LogP) is 3.40. The molecule has 1 saturated carbocycles. The third kappa shape index (κ3) is 3.85. The number of nitrogens with zero attached hydrogens (tertiary/aromatic N) is 3. The van der Waals surface area contributed by atoms with Gasteiger partial charge >= 0.3 is 6.09 Å². The van der Waals surface area contributed by atoms with E-state index in [1.165, 1.54) is 0 Å². The number of amides is 2. The molecule has 1 aliphatic carbocycles. The quantitative estimate of drug-likeness (QED) is 0.838. The highest BCUT2D eigenvalue weighted by molar-refractivity contribution is 5.86. The summed E-state index contributed by atoms with van der Waals surface area (Å²) in [6.07, 6.45) is 1.45. The summed E-state index contributed by atoms with van der Waals surface area (Å²) in [5.74, 6) is 0.362. The first-order valence-corrected chi connectivity index (χ1v) is 10.5. The van der Waals surface area contributed by atoms with Crippen LogP contribution >= 0.6 is 0 Å². The van der Waals surface area contributed by atoms with Gasteiger partial charge < -0.3 is 15.0 Å². The molecule has 2 amide bonds. The van der Waals surface area contributed by atoms with Crippen LogP contribution in [0.1, 0.15) is 46.0 Å². The zero-order chi connectivity index (χ0) is 21.8. The maximum absolute atomic E-state index is 13.0. The van der Waals surface area contributed by atoms with E-state index in [4.69, 9.17) is 9.72 Å². The largest absolute Gasteiger partial charge is 0.444 e. The maximum atomic E-state index is 13.0. The normalized spacial score (nSPS) is 23.3. The monoisotopic (exact) mass is 410 g/mol. The van der Waals surface area contributed by atoms with Gasteiger partial charge in [-0.2, -0.15) is 0 Å². The molecule has 4 rings (SSSR count). The van der Waals surface area contributed by atoms with Gasteiger partial charge in [-0.1, -0.05) is 6.07 Å². The number of likely N-dealkylation sites (tertiary alicyclic amines) is 1. The summed E-state index contributed by atoms with van der Waals surface area (Å²) in [4.78, 5) is 36.2. The van der Waals surface area contributed by atoms with Gasteiger partial charge in [-0.05, 0) is 65.5 Å². The molecular formula is C23H30N4O3. The number of rotatable bonds is 3. The van der Waals surface area contributed by atoms with Crippen LogP contribution in [-0.4, -0.2) is 45.6 Å². The summed E-state index contributed by atoms with van der Waals surface area (Å²) in [6.45, 7) is 12.6. The maximum Gasteiger partial charge on any atom is 0.410 e. The van der Waals surface area contributed by atoms with E-state index < -0.39 is 11.1 Å². The van der Waals surface area contributed by atoms with Crippen molar-refractivity contribution in [3.05, 3.63) is 35.8 Å². The minimum atomic E-state index is -0.655. The number of hydrogen-bond donors (Lipinski definition) is 1. The van der Waals surface area contributed by atoms with Crippen molar-refractivity contribution in [3.8, 4) is 0 Å². The number of aryl methyl sites for hydroxylation is 1. The number of carbonyl (C=O) groups excluding carboxylic acids is 2. The number of fused-ring (bicyclic) bond motifs is 2. The third-order valence-electron chi connectivity index (χ3n) is 5.89. The number of hydrogen-bond acceptors (Lipinski definition) is 5. The number of ether oxygens (including phenoxy) is 1. The molecule has 7 nitrogen and oxygen atoms in total. The number of piperidine rings is 1. The minimum Gasteiger partial charge on any atom is -0.444 e. The van der Waals surface area contributed by atoms with Crippen LogP contribution in [0.3, 0.4) is 0 Å². The van der Waals surface area contributed by atoms with Gasteiger partial charge in [0.2, 0.25) is 5.91 Å². The Bertz CT molecular complexity index is 999. The van der Waals surface area contributed by atoms with Crippen molar-refractivity contribution in [2.75, 3.05) is 13.1 Å². The van der Waals surface area contributed by atoms with E-state index in [1.807, 2.05) is 59.7 Å². The Labute approximate surface area is 177 Å². The van der Waals surface area contributed by atoms with Crippen LogP contribution in [0.2, 0.25) is 0 Å². The van der Waals surface area contributed by atoms with Crippen LogP contribution < -0.4 is 5.32 Å². The molecular weight excluding hydrogens is 380 g/mol. The molecule has 2 atom stereocenters. The van der Waals surface area contributed by atoms with Crippen LogP contribution in [-0.2, 0) is 15.1 Å². The molecule has 1 saturated heterocycles. The van der Waals surface area contributed by atoms with Crippen LogP contribution in [0.25, 0.3) is 10.9 Å². The standard InChI is InChI=1S/C23H30N4O3/c1-13-10-14-8-7-9-24-18(14)19(25-13)23(5,6)26-20(28)17-15-11-27(12-16(15)17)21(29)30-22(2,3)4/h7-10,15-17H,11-12H2,1-6H3,(H,26,28). The minimum absolute atomic E-state index is 0.0197. The molecule has 0 spiro atoms. The molecule has 1 aliphatic heterocycles. The summed E-state index contributed by atoms with van der Waals surface area (Å²) in [6, 6.07) is 5.91. The molecule has 0 aromatic carbocycles. The van der Waals surface area contributed by atoms with Crippen molar-refractivity contribution in [3.63, 3.8) is 0 Å². The Morgan fingerprint density at radius 2 is 1.83 bits per heavy atom. The fourth-order valence-corrected chi connectivity index (χ4v) is 4.50. The lowest BCUT2D eigenvalue weighted by atomic mass is 9.96. The number of aromatic nitrogens is 2. The molecule has 2 aliphatic rings. The van der Waals surface area contributed by atoms with Gasteiger partial charge in [-0.25, -0.2) is 4.79 Å². The molecule has 2 fully saturated rings. The van der Waals surface area contributed by atoms with E-state index in [2.05, 4.69) is 10.3 Å². The molecule has 160 valence electrons. The van der Waals surface area contributed by atoms with Gasteiger partial charge in [0.05, 0.1) is 16.7 Å². The average molecular weight is 411 g/mol. The van der Waals surface area contributed by atoms with Crippen LogP contribution in [0.5, 0.6) is 0 Å². The van der Waals surface area contributed by atoms with Gasteiger partial charge in [-0.3, -0.25) is 14.8 Å². The van der Waals surface area contributed by atoms with Crippen LogP contribution in [0.4, 0.5) is 4.79 Å². The Hall–Kier alpha value is -2.70. The summed E-state index contributed by atoms with van der Waals surface area (Å²) in [7, 11) is 0. The van der Waals surface area contributed by atoms with Crippen molar-refractivity contribution in [2.45, 2.75) is 52.7 Å². The first-order chi connectivity index (χ1) is 14.0. The molecule has 30 heavy (non-hydrogen) atoms. The summed E-state index contributed by atoms with van der Waals surface area (Å²) < 4.78 is 5.45. The van der Waals surface area contributed by atoms with E-state index in [1.54, 1.807) is 11.1 Å². The van der Waals surface area contributed by atoms with Gasteiger partial charge in [0.25, 0.3) is 0 Å². The number of carbonyl (C=O) groups is 2. The van der Waals surface area contributed by atoms with E-state index in [-0.39, 0.29) is 29.8 Å².